The van der Waals surface area contributed by atoms with Crippen LogP contribution in [-0.2, 0) is 34.1 Å². The molecule has 0 spiro atoms. The second kappa shape index (κ2) is 8.16. The van der Waals surface area contributed by atoms with E-state index < -0.39 is 10.0 Å². The van der Waals surface area contributed by atoms with Gasteiger partial charge in [0.05, 0.1) is 11.3 Å². The van der Waals surface area contributed by atoms with Crippen LogP contribution in [0.1, 0.15) is 23.1 Å². The molecule has 7 nitrogen and oxygen atoms in total. The summed E-state index contributed by atoms with van der Waals surface area (Å²) in [6, 6.07) is 11.1. The van der Waals surface area contributed by atoms with Crippen LogP contribution < -0.4 is 9.47 Å². The lowest BCUT2D eigenvalue weighted by Crippen LogP contribution is -2.50. The molecule has 0 saturated carbocycles. The van der Waals surface area contributed by atoms with E-state index in [0.717, 1.165) is 30.4 Å². The van der Waals surface area contributed by atoms with Gasteiger partial charge in [-0.25, -0.2) is 8.42 Å². The van der Waals surface area contributed by atoms with Crippen LogP contribution in [0.2, 0.25) is 0 Å². The number of amides is 1. The molecule has 0 N–H and O–H groups in total. The Hall–Kier alpha value is -2.58. The number of piperazine rings is 1. The average Bonchev–Trinajstić information content (AvgIpc) is 3.27. The Balaban J connectivity index is 1.21. The van der Waals surface area contributed by atoms with E-state index in [9.17, 15) is 13.2 Å². The number of fused-ring (bicyclic) bond motifs is 2. The van der Waals surface area contributed by atoms with Crippen LogP contribution in [0.25, 0.3) is 0 Å². The van der Waals surface area contributed by atoms with Crippen LogP contribution in [-0.4, -0.2) is 62.9 Å². The number of aryl methyl sites for hydroxylation is 2. The topological polar surface area (TPSA) is 76.2 Å². The van der Waals surface area contributed by atoms with Crippen molar-refractivity contribution in [1.82, 2.24) is 9.21 Å². The summed E-state index contributed by atoms with van der Waals surface area (Å²) in [5.74, 6) is 1.36. The Labute approximate surface area is 182 Å². The Kier molecular flexibility index (Phi) is 5.35. The summed E-state index contributed by atoms with van der Waals surface area (Å²) in [7, 11) is -3.54. The molecular formula is C23H26N2O5S. The standard InChI is InChI=1S/C23H26N2O5S/c26-23(15-17-4-7-21-22(14-17)30-13-12-29-21)24-8-10-25(11-9-24)31(27,28)20-6-5-18-2-1-3-19(18)16-20/h4-7,14,16H,1-3,8-13,15H2. The van der Waals surface area contributed by atoms with Crippen molar-refractivity contribution in [2.45, 2.75) is 30.6 Å². The smallest absolute Gasteiger partial charge is 0.243 e. The molecule has 1 aliphatic carbocycles. The molecule has 0 unspecified atom stereocenters. The van der Waals surface area contributed by atoms with Gasteiger partial charge in [-0.3, -0.25) is 4.79 Å². The molecule has 8 heteroatoms. The second-order valence-electron chi connectivity index (χ2n) is 8.22. The van der Waals surface area contributed by atoms with Crippen LogP contribution in [0.15, 0.2) is 41.3 Å². The van der Waals surface area contributed by atoms with E-state index in [1.54, 1.807) is 11.0 Å². The van der Waals surface area contributed by atoms with Crippen molar-refractivity contribution in [3.05, 3.63) is 53.1 Å². The molecule has 0 radical (unpaired) electrons. The minimum Gasteiger partial charge on any atom is -0.486 e. The highest BCUT2D eigenvalue weighted by Gasteiger charge is 2.31. The fraction of sp³-hybridized carbons (Fsp3) is 0.435. The number of benzene rings is 2. The van der Waals surface area contributed by atoms with Gasteiger partial charge in [0.25, 0.3) is 0 Å². The van der Waals surface area contributed by atoms with Crippen LogP contribution >= 0.6 is 0 Å². The predicted molar refractivity (Wildman–Crippen MR) is 115 cm³/mol. The van der Waals surface area contributed by atoms with E-state index in [1.165, 1.54) is 9.87 Å². The highest BCUT2D eigenvalue weighted by Crippen LogP contribution is 2.31. The number of carbonyl (C=O) groups is 1. The monoisotopic (exact) mass is 442 g/mol. The van der Waals surface area contributed by atoms with Gasteiger partial charge >= 0.3 is 0 Å². The fourth-order valence-electron chi connectivity index (χ4n) is 4.52. The maximum absolute atomic E-state index is 13.1. The summed E-state index contributed by atoms with van der Waals surface area (Å²) < 4.78 is 38.8. The summed E-state index contributed by atoms with van der Waals surface area (Å²) in [6.45, 7) is 2.45. The molecule has 0 bridgehead atoms. The van der Waals surface area contributed by atoms with Gasteiger partial charge in [-0.1, -0.05) is 12.1 Å². The fourth-order valence-corrected chi connectivity index (χ4v) is 5.99. The lowest BCUT2D eigenvalue weighted by molar-refractivity contribution is -0.131. The van der Waals surface area contributed by atoms with E-state index in [2.05, 4.69) is 0 Å². The first kappa shape index (κ1) is 20.3. The third-order valence-electron chi connectivity index (χ3n) is 6.26. The largest absolute Gasteiger partial charge is 0.486 e. The number of nitrogens with zero attached hydrogens (tertiary/aromatic N) is 2. The van der Waals surface area contributed by atoms with E-state index in [-0.39, 0.29) is 12.3 Å². The third-order valence-corrected chi connectivity index (χ3v) is 8.16. The summed E-state index contributed by atoms with van der Waals surface area (Å²) in [5.41, 5.74) is 3.27. The SMILES string of the molecule is O=C(Cc1ccc2c(c1)OCCO2)N1CCN(S(=O)(=O)c2ccc3c(c2)CCC3)CC1. The maximum atomic E-state index is 13.1. The molecule has 1 fully saturated rings. The van der Waals surface area contributed by atoms with Gasteiger partial charge in [0.15, 0.2) is 11.5 Å². The van der Waals surface area contributed by atoms with Gasteiger partial charge in [0, 0.05) is 26.2 Å². The van der Waals surface area contributed by atoms with Gasteiger partial charge in [-0.15, -0.1) is 0 Å². The molecule has 2 aliphatic heterocycles. The van der Waals surface area contributed by atoms with Crippen molar-refractivity contribution in [2.24, 2.45) is 0 Å². The minimum atomic E-state index is -3.54. The third kappa shape index (κ3) is 4.02. The van der Waals surface area contributed by atoms with Crippen molar-refractivity contribution in [3.8, 4) is 11.5 Å². The van der Waals surface area contributed by atoms with Crippen molar-refractivity contribution >= 4 is 15.9 Å². The number of ether oxygens (including phenoxy) is 2. The average molecular weight is 443 g/mol. The first-order valence-electron chi connectivity index (χ1n) is 10.8. The van der Waals surface area contributed by atoms with Gasteiger partial charge in [-0.05, 0) is 60.2 Å². The molecule has 3 aliphatic rings. The quantitative estimate of drug-likeness (QED) is 0.724. The number of carbonyl (C=O) groups excluding carboxylic acids is 1. The molecule has 164 valence electrons. The molecule has 31 heavy (non-hydrogen) atoms. The Morgan fingerprint density at radius 2 is 1.61 bits per heavy atom. The normalized spacial score (nSPS) is 18.6. The lowest BCUT2D eigenvalue weighted by atomic mass is 10.1. The lowest BCUT2D eigenvalue weighted by Gasteiger charge is -2.34. The molecule has 5 rings (SSSR count). The van der Waals surface area contributed by atoms with Gasteiger partial charge in [-0.2, -0.15) is 4.31 Å². The highest BCUT2D eigenvalue weighted by atomic mass is 32.2. The first-order valence-corrected chi connectivity index (χ1v) is 12.2. The van der Waals surface area contributed by atoms with E-state index >= 15 is 0 Å². The summed E-state index contributed by atoms with van der Waals surface area (Å²) >= 11 is 0. The Morgan fingerprint density at radius 1 is 0.871 bits per heavy atom. The van der Waals surface area contributed by atoms with Crippen molar-refractivity contribution in [2.75, 3.05) is 39.4 Å². The van der Waals surface area contributed by atoms with E-state index in [4.69, 9.17) is 9.47 Å². The zero-order chi connectivity index (χ0) is 21.4. The van der Waals surface area contributed by atoms with Gasteiger partial charge in [0.1, 0.15) is 13.2 Å². The molecule has 0 aromatic heterocycles. The van der Waals surface area contributed by atoms with Crippen molar-refractivity contribution < 1.29 is 22.7 Å². The summed E-state index contributed by atoms with van der Waals surface area (Å²) in [4.78, 5) is 14.9. The molecular weight excluding hydrogens is 416 g/mol. The molecule has 2 aromatic carbocycles. The minimum absolute atomic E-state index is 0.00810. The van der Waals surface area contributed by atoms with Crippen molar-refractivity contribution in [3.63, 3.8) is 0 Å². The number of rotatable bonds is 4. The predicted octanol–water partition coefficient (Wildman–Crippen LogP) is 2.02. The maximum Gasteiger partial charge on any atom is 0.243 e. The Bertz CT molecular complexity index is 1110. The van der Waals surface area contributed by atoms with Gasteiger partial charge in [0.2, 0.25) is 15.9 Å². The van der Waals surface area contributed by atoms with Crippen LogP contribution in [0.5, 0.6) is 11.5 Å². The summed E-state index contributed by atoms with van der Waals surface area (Å²) in [6.07, 6.45) is 3.32. The molecule has 1 amide bonds. The summed E-state index contributed by atoms with van der Waals surface area (Å²) in [5, 5.41) is 0. The Morgan fingerprint density at radius 3 is 2.42 bits per heavy atom. The zero-order valence-electron chi connectivity index (χ0n) is 17.4. The second-order valence-corrected chi connectivity index (χ2v) is 10.2. The number of hydrogen-bond acceptors (Lipinski definition) is 5. The van der Waals surface area contributed by atoms with Crippen LogP contribution in [0.3, 0.4) is 0 Å². The zero-order valence-corrected chi connectivity index (χ0v) is 18.2. The van der Waals surface area contributed by atoms with Gasteiger partial charge < -0.3 is 14.4 Å². The molecule has 0 atom stereocenters. The molecule has 1 saturated heterocycles. The number of hydrogen-bond donors (Lipinski definition) is 0. The molecule has 2 aromatic rings. The van der Waals surface area contributed by atoms with E-state index in [0.29, 0.717) is 55.8 Å². The highest BCUT2D eigenvalue weighted by molar-refractivity contribution is 7.89. The number of sulfonamides is 1. The van der Waals surface area contributed by atoms with Crippen LogP contribution in [0.4, 0.5) is 0 Å². The molecule has 2 heterocycles. The van der Waals surface area contributed by atoms with Crippen molar-refractivity contribution in [1.29, 1.82) is 0 Å². The first-order chi connectivity index (χ1) is 15.0. The van der Waals surface area contributed by atoms with Crippen LogP contribution in [0, 0.1) is 0 Å². The van der Waals surface area contributed by atoms with E-state index in [1.807, 2.05) is 30.3 Å².